The number of alkyl halides is 5. The van der Waals surface area contributed by atoms with Gasteiger partial charge in [-0.25, -0.2) is 0 Å². The summed E-state index contributed by atoms with van der Waals surface area (Å²) in [6, 6.07) is 1.75. The van der Waals surface area contributed by atoms with E-state index in [9.17, 15) is 22.0 Å². The number of hydrogen-bond donors (Lipinski definition) is 1. The van der Waals surface area contributed by atoms with Crippen LogP contribution in [-0.4, -0.2) is 25.6 Å². The zero-order valence-electron chi connectivity index (χ0n) is 11.7. The van der Waals surface area contributed by atoms with Crippen LogP contribution in [0.15, 0.2) is 17.0 Å². The van der Waals surface area contributed by atoms with Gasteiger partial charge in [-0.15, -0.1) is 11.8 Å². The van der Waals surface area contributed by atoms with Gasteiger partial charge in [0.25, 0.3) is 0 Å². The molecule has 21 heavy (non-hydrogen) atoms. The first kappa shape index (κ1) is 18.0. The standard InChI is InChI=1S/C13H16F5NOS/c1-7(19)4-8-5-11(21-3)9(6-10(8)20-2)12(14,15)13(16,17)18/h5-7H,4,19H2,1-3H3. The Labute approximate surface area is 123 Å². The molecule has 2 nitrogen and oxygen atoms in total. The molecule has 0 aliphatic heterocycles. The molecule has 0 radical (unpaired) electrons. The van der Waals surface area contributed by atoms with Gasteiger partial charge in [-0.2, -0.15) is 22.0 Å². The topological polar surface area (TPSA) is 35.2 Å². The Kier molecular flexibility index (Phi) is 5.49. The number of halogens is 5. The molecule has 0 aliphatic rings. The van der Waals surface area contributed by atoms with E-state index in [-0.39, 0.29) is 16.7 Å². The van der Waals surface area contributed by atoms with Gasteiger partial charge < -0.3 is 10.5 Å². The molecular formula is C13H16F5NOS. The van der Waals surface area contributed by atoms with Crippen LogP contribution in [-0.2, 0) is 12.3 Å². The Hall–Kier alpha value is -1.02. The quantitative estimate of drug-likeness (QED) is 0.656. The van der Waals surface area contributed by atoms with Crippen molar-refractivity contribution in [1.29, 1.82) is 0 Å². The molecule has 1 atom stereocenters. The second-order valence-electron chi connectivity index (χ2n) is 4.62. The molecule has 1 aromatic carbocycles. The molecule has 2 N–H and O–H groups in total. The summed E-state index contributed by atoms with van der Waals surface area (Å²) < 4.78 is 69.8. The Morgan fingerprint density at radius 3 is 2.19 bits per heavy atom. The zero-order valence-corrected chi connectivity index (χ0v) is 12.5. The van der Waals surface area contributed by atoms with Gasteiger partial charge in [0.1, 0.15) is 5.75 Å². The zero-order chi connectivity index (χ0) is 16.4. The molecule has 120 valence electrons. The summed E-state index contributed by atoms with van der Waals surface area (Å²) in [6.07, 6.45) is -3.91. The summed E-state index contributed by atoms with van der Waals surface area (Å²) in [5.41, 5.74) is 5.04. The van der Waals surface area contributed by atoms with Crippen molar-refractivity contribution in [3.05, 3.63) is 23.3 Å². The molecule has 0 saturated carbocycles. The first-order valence-electron chi connectivity index (χ1n) is 6.00. The number of methoxy groups -OCH3 is 1. The van der Waals surface area contributed by atoms with Crippen molar-refractivity contribution in [3.63, 3.8) is 0 Å². The maximum Gasteiger partial charge on any atom is 0.458 e. The molecule has 0 aromatic heterocycles. The fraction of sp³-hybridized carbons (Fsp3) is 0.538. The van der Waals surface area contributed by atoms with E-state index in [1.807, 2.05) is 0 Å². The molecule has 1 unspecified atom stereocenters. The van der Waals surface area contributed by atoms with E-state index >= 15 is 0 Å². The summed E-state index contributed by atoms with van der Waals surface area (Å²) in [5, 5.41) is 0. The Morgan fingerprint density at radius 2 is 1.81 bits per heavy atom. The number of rotatable bonds is 5. The van der Waals surface area contributed by atoms with Gasteiger partial charge in [0.2, 0.25) is 0 Å². The average molecular weight is 329 g/mol. The molecule has 8 heteroatoms. The lowest BCUT2D eigenvalue weighted by molar-refractivity contribution is -0.290. The van der Waals surface area contributed by atoms with E-state index in [0.717, 1.165) is 17.8 Å². The predicted molar refractivity (Wildman–Crippen MR) is 72.1 cm³/mol. The van der Waals surface area contributed by atoms with Crippen molar-refractivity contribution in [2.24, 2.45) is 5.73 Å². The van der Waals surface area contributed by atoms with E-state index in [1.54, 1.807) is 6.92 Å². The summed E-state index contributed by atoms with van der Waals surface area (Å²) >= 11 is 0.822. The predicted octanol–water partition coefficient (Wildman–Crippen LogP) is 3.96. The summed E-state index contributed by atoms with van der Waals surface area (Å²) in [7, 11) is 1.22. The van der Waals surface area contributed by atoms with E-state index < -0.39 is 17.7 Å². The van der Waals surface area contributed by atoms with Crippen LogP contribution < -0.4 is 10.5 Å². The SMILES string of the molecule is COc1cc(C(F)(F)C(F)(F)F)c(SC)cc1CC(C)N. The van der Waals surface area contributed by atoms with Crippen LogP contribution in [0.25, 0.3) is 0 Å². The van der Waals surface area contributed by atoms with Crippen molar-refractivity contribution >= 4 is 11.8 Å². The molecule has 1 aromatic rings. The van der Waals surface area contributed by atoms with E-state index in [0.29, 0.717) is 12.0 Å². The molecule has 0 spiro atoms. The lowest BCUT2D eigenvalue weighted by Crippen LogP contribution is -2.34. The van der Waals surface area contributed by atoms with Crippen LogP contribution in [0.4, 0.5) is 22.0 Å². The highest BCUT2D eigenvalue weighted by molar-refractivity contribution is 7.98. The third kappa shape index (κ3) is 3.79. The third-order valence-electron chi connectivity index (χ3n) is 2.84. The molecule has 0 fully saturated rings. The van der Waals surface area contributed by atoms with Crippen LogP contribution >= 0.6 is 11.8 Å². The van der Waals surface area contributed by atoms with Crippen LogP contribution in [0, 0.1) is 0 Å². The van der Waals surface area contributed by atoms with Crippen LogP contribution in [0.1, 0.15) is 18.1 Å². The first-order chi connectivity index (χ1) is 9.54. The second kappa shape index (κ2) is 6.39. The monoisotopic (exact) mass is 329 g/mol. The Bertz CT molecular complexity index is 502. The van der Waals surface area contributed by atoms with Gasteiger partial charge in [-0.05, 0) is 37.3 Å². The maximum absolute atomic E-state index is 13.6. The maximum atomic E-state index is 13.6. The lowest BCUT2D eigenvalue weighted by atomic mass is 10.0. The van der Waals surface area contributed by atoms with E-state index in [4.69, 9.17) is 10.5 Å². The summed E-state index contributed by atoms with van der Waals surface area (Å²) in [4.78, 5) is -0.145. The van der Waals surface area contributed by atoms with Crippen molar-refractivity contribution in [1.82, 2.24) is 0 Å². The normalized spacial score (nSPS) is 14.1. The minimum absolute atomic E-state index is 0.0241. The Morgan fingerprint density at radius 1 is 1.24 bits per heavy atom. The van der Waals surface area contributed by atoms with E-state index in [1.165, 1.54) is 19.4 Å². The highest BCUT2D eigenvalue weighted by Crippen LogP contribution is 2.48. The summed E-state index contributed by atoms with van der Waals surface area (Å²) in [5.74, 6) is -4.96. The highest BCUT2D eigenvalue weighted by Gasteiger charge is 2.59. The molecule has 0 aliphatic carbocycles. The highest BCUT2D eigenvalue weighted by atomic mass is 32.2. The fourth-order valence-corrected chi connectivity index (χ4v) is 2.53. The molecule has 0 bridgehead atoms. The second-order valence-corrected chi connectivity index (χ2v) is 5.47. The van der Waals surface area contributed by atoms with Crippen molar-refractivity contribution in [2.75, 3.05) is 13.4 Å². The smallest absolute Gasteiger partial charge is 0.458 e. The van der Waals surface area contributed by atoms with Crippen molar-refractivity contribution < 1.29 is 26.7 Å². The minimum Gasteiger partial charge on any atom is -0.496 e. The third-order valence-corrected chi connectivity index (χ3v) is 3.62. The number of thioether (sulfide) groups is 1. The van der Waals surface area contributed by atoms with Gasteiger partial charge in [-0.1, -0.05) is 0 Å². The van der Waals surface area contributed by atoms with Gasteiger partial charge in [0, 0.05) is 16.5 Å². The van der Waals surface area contributed by atoms with Crippen LogP contribution in [0.3, 0.4) is 0 Å². The number of hydrogen-bond acceptors (Lipinski definition) is 3. The number of ether oxygens (including phenoxy) is 1. The van der Waals surface area contributed by atoms with Crippen molar-refractivity contribution in [2.45, 2.75) is 36.4 Å². The lowest BCUT2D eigenvalue weighted by Gasteiger charge is -2.24. The van der Waals surface area contributed by atoms with Gasteiger partial charge in [0.05, 0.1) is 7.11 Å². The Balaban J connectivity index is 3.47. The van der Waals surface area contributed by atoms with Crippen LogP contribution in [0.2, 0.25) is 0 Å². The fourth-order valence-electron chi connectivity index (χ4n) is 1.87. The van der Waals surface area contributed by atoms with Gasteiger partial charge in [0.15, 0.2) is 0 Å². The summed E-state index contributed by atoms with van der Waals surface area (Å²) in [6.45, 7) is 1.70. The first-order valence-corrected chi connectivity index (χ1v) is 7.22. The molecule has 0 heterocycles. The van der Waals surface area contributed by atoms with Crippen molar-refractivity contribution in [3.8, 4) is 5.75 Å². The van der Waals surface area contributed by atoms with Gasteiger partial charge >= 0.3 is 12.1 Å². The molecule has 1 rings (SSSR count). The van der Waals surface area contributed by atoms with Gasteiger partial charge in [-0.3, -0.25) is 0 Å². The largest absolute Gasteiger partial charge is 0.496 e. The average Bonchev–Trinajstić information content (AvgIpc) is 2.35. The number of benzene rings is 1. The number of nitrogens with two attached hydrogens (primary N) is 1. The molecule has 0 amide bonds. The van der Waals surface area contributed by atoms with E-state index in [2.05, 4.69) is 0 Å². The molecule has 0 saturated heterocycles. The van der Waals surface area contributed by atoms with Crippen LogP contribution in [0.5, 0.6) is 5.75 Å². The molecular weight excluding hydrogens is 313 g/mol. The minimum atomic E-state index is -5.66.